The first-order chi connectivity index (χ1) is 22.0. The van der Waals surface area contributed by atoms with Crippen molar-refractivity contribution in [1.29, 1.82) is 0 Å². The second-order valence-corrected chi connectivity index (χ2v) is 16.2. The van der Waals surface area contributed by atoms with E-state index in [1.165, 1.54) is 31.6 Å². The first-order valence-electron chi connectivity index (χ1n) is 15.9. The summed E-state index contributed by atoms with van der Waals surface area (Å²) in [4.78, 5) is 14.4. The molecular formula is C36H45N6O3P. The van der Waals surface area contributed by atoms with Crippen LogP contribution in [0.5, 0.6) is 5.75 Å². The lowest BCUT2D eigenvalue weighted by molar-refractivity contribution is 0.00130. The van der Waals surface area contributed by atoms with E-state index in [9.17, 15) is 4.57 Å². The molecule has 10 heteroatoms. The predicted molar refractivity (Wildman–Crippen MR) is 191 cm³/mol. The van der Waals surface area contributed by atoms with Crippen molar-refractivity contribution >= 4 is 57.8 Å². The molecule has 0 radical (unpaired) electrons. The highest BCUT2D eigenvalue weighted by Crippen LogP contribution is 2.44. The molecule has 3 aromatic carbocycles. The number of nitrogens with one attached hydrogen (secondary N) is 2. The van der Waals surface area contributed by atoms with Crippen LogP contribution in [0, 0.1) is 12.3 Å². The van der Waals surface area contributed by atoms with Crippen LogP contribution in [-0.4, -0.2) is 75.1 Å². The van der Waals surface area contributed by atoms with Crippen molar-refractivity contribution < 1.29 is 14.0 Å². The molecule has 3 heterocycles. The summed E-state index contributed by atoms with van der Waals surface area (Å²) >= 11 is 0. The number of ether oxygens (including phenoxy) is 2. The Bertz CT molecular complexity index is 1820. The Labute approximate surface area is 272 Å². The minimum atomic E-state index is -2.70. The second-order valence-electron chi connectivity index (χ2n) is 13.1. The molecule has 2 saturated heterocycles. The van der Waals surface area contributed by atoms with E-state index in [0.717, 1.165) is 51.9 Å². The van der Waals surface area contributed by atoms with Crippen molar-refractivity contribution in [3.05, 3.63) is 72.4 Å². The zero-order valence-corrected chi connectivity index (χ0v) is 28.7. The standard InChI is InChI=1S/C36H45N6O3P/c1-8-45-25(3)28-21-37-35(40-34(28)38-29-14-13-26-11-9-10-12-27(26)33(29)46(6,7)43)39-30-19-24(2)31(20-32(30)44-5)42-17-15-36(16-18-42)22-41(4)23-36/h9-14,19-21H,3,8,15-18,22-23H2,1-2,4-7H3,(H2,37,38,39,40). The fourth-order valence-corrected chi connectivity index (χ4v) is 8.59. The van der Waals surface area contributed by atoms with Gasteiger partial charge in [0, 0.05) is 49.4 Å². The molecule has 0 atom stereocenters. The summed E-state index contributed by atoms with van der Waals surface area (Å²) < 4.78 is 25.3. The number of likely N-dealkylation sites (tertiary alicyclic amines) is 1. The summed E-state index contributed by atoms with van der Waals surface area (Å²) in [5, 5.41) is 9.61. The molecule has 0 unspecified atom stereocenters. The maximum absolute atomic E-state index is 13.6. The molecule has 2 N–H and O–H groups in total. The van der Waals surface area contributed by atoms with Crippen LogP contribution in [-0.2, 0) is 9.30 Å². The number of benzene rings is 3. The Hall–Kier alpha value is -4.07. The van der Waals surface area contributed by atoms with Crippen molar-refractivity contribution in [1.82, 2.24) is 14.9 Å². The Morgan fingerprint density at radius 1 is 1.07 bits per heavy atom. The lowest BCUT2D eigenvalue weighted by Crippen LogP contribution is -2.58. The van der Waals surface area contributed by atoms with E-state index >= 15 is 0 Å². The fourth-order valence-electron chi connectivity index (χ4n) is 7.10. The summed E-state index contributed by atoms with van der Waals surface area (Å²) in [6.45, 7) is 16.7. The van der Waals surface area contributed by atoms with Gasteiger partial charge in [-0.2, -0.15) is 4.98 Å². The van der Waals surface area contributed by atoms with E-state index in [4.69, 9.17) is 14.5 Å². The molecule has 0 amide bonds. The molecule has 2 fully saturated rings. The smallest absolute Gasteiger partial charge is 0.229 e. The van der Waals surface area contributed by atoms with Crippen molar-refractivity contribution in [3.8, 4) is 5.75 Å². The number of piperidine rings is 1. The van der Waals surface area contributed by atoms with Crippen LogP contribution in [0.1, 0.15) is 30.9 Å². The highest BCUT2D eigenvalue weighted by molar-refractivity contribution is 7.71. The minimum absolute atomic E-state index is 0.383. The van der Waals surface area contributed by atoms with E-state index in [1.54, 1.807) is 26.6 Å². The molecule has 2 aliphatic heterocycles. The summed E-state index contributed by atoms with van der Waals surface area (Å²) in [5.41, 5.74) is 4.96. The van der Waals surface area contributed by atoms with Crippen LogP contribution >= 0.6 is 7.14 Å². The van der Waals surface area contributed by atoms with Gasteiger partial charge < -0.3 is 34.5 Å². The van der Waals surface area contributed by atoms with Crippen LogP contribution in [0.15, 0.2) is 61.3 Å². The molecule has 0 saturated carbocycles. The molecule has 0 bridgehead atoms. The summed E-state index contributed by atoms with van der Waals surface area (Å²) in [6.07, 6.45) is 4.13. The number of rotatable bonds is 10. The van der Waals surface area contributed by atoms with Gasteiger partial charge in [0.1, 0.15) is 24.5 Å². The molecule has 2 aliphatic rings. The van der Waals surface area contributed by atoms with Crippen LogP contribution in [0.4, 0.5) is 28.8 Å². The van der Waals surface area contributed by atoms with Gasteiger partial charge in [-0.3, -0.25) is 0 Å². The molecule has 4 aromatic rings. The molecule has 9 nitrogen and oxygen atoms in total. The van der Waals surface area contributed by atoms with Gasteiger partial charge in [0.2, 0.25) is 5.95 Å². The topological polar surface area (TPSA) is 91.8 Å². The molecule has 242 valence electrons. The van der Waals surface area contributed by atoms with Gasteiger partial charge in [-0.1, -0.05) is 36.9 Å². The Morgan fingerprint density at radius 3 is 2.48 bits per heavy atom. The fraction of sp³-hybridized carbons (Fsp3) is 0.389. The average molecular weight is 641 g/mol. The number of aromatic nitrogens is 2. The normalized spacial score (nSPS) is 16.3. The summed E-state index contributed by atoms with van der Waals surface area (Å²) in [6, 6.07) is 16.2. The van der Waals surface area contributed by atoms with Crippen LogP contribution in [0.3, 0.4) is 0 Å². The van der Waals surface area contributed by atoms with Gasteiger partial charge in [0.05, 0.1) is 30.7 Å². The van der Waals surface area contributed by atoms with Crippen molar-refractivity contribution in [2.24, 2.45) is 5.41 Å². The lowest BCUT2D eigenvalue weighted by atomic mass is 9.72. The Morgan fingerprint density at radius 2 is 1.80 bits per heavy atom. The Kier molecular flexibility index (Phi) is 8.75. The van der Waals surface area contributed by atoms with Gasteiger partial charge in [-0.25, -0.2) is 4.98 Å². The van der Waals surface area contributed by atoms with E-state index in [1.807, 2.05) is 43.3 Å². The third-order valence-electron chi connectivity index (χ3n) is 9.24. The largest absolute Gasteiger partial charge is 0.494 e. The highest BCUT2D eigenvalue weighted by Gasteiger charge is 2.43. The number of aryl methyl sites for hydroxylation is 1. The van der Waals surface area contributed by atoms with Gasteiger partial charge in [0.25, 0.3) is 0 Å². The predicted octanol–water partition coefficient (Wildman–Crippen LogP) is 7.22. The maximum atomic E-state index is 13.6. The van der Waals surface area contributed by atoms with Crippen LogP contribution in [0.2, 0.25) is 0 Å². The Balaban J connectivity index is 1.32. The van der Waals surface area contributed by atoms with Crippen LogP contribution < -0.4 is 25.6 Å². The first-order valence-corrected chi connectivity index (χ1v) is 18.5. The van der Waals surface area contributed by atoms with Gasteiger partial charge in [-0.15, -0.1) is 0 Å². The van der Waals surface area contributed by atoms with Crippen molar-refractivity contribution in [2.75, 3.05) is 75.8 Å². The van der Waals surface area contributed by atoms with Crippen molar-refractivity contribution in [2.45, 2.75) is 26.7 Å². The quantitative estimate of drug-likeness (QED) is 0.138. The number of anilines is 5. The number of fused-ring (bicyclic) bond motifs is 1. The third kappa shape index (κ3) is 6.31. The number of methoxy groups -OCH3 is 1. The zero-order chi connectivity index (χ0) is 32.6. The summed E-state index contributed by atoms with van der Waals surface area (Å²) in [5.74, 6) is 2.05. The molecule has 6 rings (SSSR count). The highest BCUT2D eigenvalue weighted by atomic mass is 31.2. The summed E-state index contributed by atoms with van der Waals surface area (Å²) in [7, 11) is 1.20. The molecule has 46 heavy (non-hydrogen) atoms. The van der Waals surface area contributed by atoms with Gasteiger partial charge in [-0.05, 0) is 81.0 Å². The monoisotopic (exact) mass is 640 g/mol. The zero-order valence-electron chi connectivity index (χ0n) is 27.8. The molecule has 1 aromatic heterocycles. The maximum Gasteiger partial charge on any atom is 0.229 e. The SMILES string of the molecule is C=C(OCC)c1cnc(Nc2cc(C)c(N3CCC4(CC3)CN(C)C4)cc2OC)nc1Nc1ccc2ccccc2c1P(C)(C)=O. The first kappa shape index (κ1) is 31.9. The van der Waals surface area contributed by atoms with E-state index < -0.39 is 7.14 Å². The molecular weight excluding hydrogens is 595 g/mol. The van der Waals surface area contributed by atoms with E-state index in [-0.39, 0.29) is 0 Å². The number of nitrogens with zero attached hydrogens (tertiary/aromatic N) is 4. The number of hydrogen-bond donors (Lipinski definition) is 2. The minimum Gasteiger partial charge on any atom is -0.494 e. The van der Waals surface area contributed by atoms with Gasteiger partial charge >= 0.3 is 0 Å². The van der Waals surface area contributed by atoms with Crippen LogP contribution in [0.25, 0.3) is 16.5 Å². The molecule has 1 spiro atoms. The van der Waals surface area contributed by atoms with Gasteiger partial charge in [0.15, 0.2) is 0 Å². The second kappa shape index (κ2) is 12.6. The molecule has 0 aliphatic carbocycles. The van der Waals surface area contributed by atoms with E-state index in [2.05, 4.69) is 58.1 Å². The lowest BCUT2D eigenvalue weighted by Gasteiger charge is -2.53. The van der Waals surface area contributed by atoms with Crippen molar-refractivity contribution in [3.63, 3.8) is 0 Å². The number of hydrogen-bond acceptors (Lipinski definition) is 9. The van der Waals surface area contributed by atoms with E-state index in [0.29, 0.717) is 35.1 Å². The third-order valence-corrected chi connectivity index (χ3v) is 10.8. The average Bonchev–Trinajstić information content (AvgIpc) is 3.00.